The molecule has 5 nitrogen and oxygen atoms in total. The van der Waals surface area contributed by atoms with Crippen molar-refractivity contribution in [2.24, 2.45) is 0 Å². The van der Waals surface area contributed by atoms with E-state index < -0.39 is 10.0 Å². The molecule has 0 aliphatic heterocycles. The molecule has 2 heterocycles. The van der Waals surface area contributed by atoms with Gasteiger partial charge in [-0.05, 0) is 30.2 Å². The first kappa shape index (κ1) is 15.7. The summed E-state index contributed by atoms with van der Waals surface area (Å²) in [4.78, 5) is 4.35. The summed E-state index contributed by atoms with van der Waals surface area (Å²) in [7, 11) is -3.29. The summed E-state index contributed by atoms with van der Waals surface area (Å²) >= 11 is 0. The van der Waals surface area contributed by atoms with E-state index in [1.807, 2.05) is 59.3 Å². The highest BCUT2D eigenvalue weighted by Gasteiger charge is 2.10. The molecule has 0 saturated heterocycles. The molecular formula is C17H19N3O2S. The summed E-state index contributed by atoms with van der Waals surface area (Å²) in [5.41, 5.74) is 1.72. The summed E-state index contributed by atoms with van der Waals surface area (Å²) in [6, 6.07) is 15.1. The summed E-state index contributed by atoms with van der Waals surface area (Å²) in [6.07, 6.45) is 4.46. The van der Waals surface area contributed by atoms with Crippen LogP contribution in [0.25, 0.3) is 11.0 Å². The molecule has 0 aliphatic carbocycles. The molecule has 0 bridgehead atoms. The van der Waals surface area contributed by atoms with Crippen molar-refractivity contribution in [2.45, 2.75) is 18.7 Å². The van der Waals surface area contributed by atoms with Crippen LogP contribution in [0.5, 0.6) is 0 Å². The van der Waals surface area contributed by atoms with E-state index in [0.717, 1.165) is 23.1 Å². The van der Waals surface area contributed by atoms with Gasteiger partial charge in [0.15, 0.2) is 0 Å². The smallest absolute Gasteiger partial charge is 0.215 e. The van der Waals surface area contributed by atoms with E-state index in [9.17, 15) is 8.42 Å². The van der Waals surface area contributed by atoms with Gasteiger partial charge in [0, 0.05) is 30.9 Å². The minimum atomic E-state index is -3.29. The molecule has 1 N–H and O–H groups in total. The van der Waals surface area contributed by atoms with Gasteiger partial charge in [-0.2, -0.15) is 0 Å². The molecule has 23 heavy (non-hydrogen) atoms. The molecule has 3 aromatic rings. The first-order valence-electron chi connectivity index (χ1n) is 7.55. The molecule has 0 atom stereocenters. The second-order valence-electron chi connectivity index (χ2n) is 5.42. The number of rotatable bonds is 7. The summed E-state index contributed by atoms with van der Waals surface area (Å²) in [5.74, 6) is 0.0157. The highest BCUT2D eigenvalue weighted by molar-refractivity contribution is 7.88. The largest absolute Gasteiger partial charge is 0.332 e. The molecule has 120 valence electrons. The van der Waals surface area contributed by atoms with Crippen LogP contribution in [-0.4, -0.2) is 24.5 Å². The standard InChI is InChI=1S/C17H19N3O2S/c21-23(22,14-15-6-2-1-3-7-15)19-11-5-12-20-13-9-16-8-4-10-18-17(16)20/h1-4,6-10,13,19H,5,11-12,14H2. The molecule has 0 aliphatic rings. The van der Waals surface area contributed by atoms with Crippen LogP contribution in [0.1, 0.15) is 12.0 Å². The molecule has 2 aromatic heterocycles. The van der Waals surface area contributed by atoms with Crippen molar-refractivity contribution in [1.29, 1.82) is 0 Å². The number of sulfonamides is 1. The zero-order chi connectivity index (χ0) is 16.1. The zero-order valence-electron chi connectivity index (χ0n) is 12.7. The lowest BCUT2D eigenvalue weighted by molar-refractivity contribution is 0.571. The van der Waals surface area contributed by atoms with Crippen LogP contribution in [0.3, 0.4) is 0 Å². The average molecular weight is 329 g/mol. The van der Waals surface area contributed by atoms with E-state index in [0.29, 0.717) is 13.0 Å². The lowest BCUT2D eigenvalue weighted by Crippen LogP contribution is -2.26. The predicted octanol–water partition coefficient (Wildman–Crippen LogP) is 2.55. The minimum Gasteiger partial charge on any atom is -0.332 e. The minimum absolute atomic E-state index is 0.0157. The number of hydrogen-bond donors (Lipinski definition) is 1. The SMILES string of the molecule is O=S(=O)(Cc1ccccc1)NCCCn1ccc2cccnc21. The van der Waals surface area contributed by atoms with Crippen molar-refractivity contribution in [3.63, 3.8) is 0 Å². The molecule has 0 unspecified atom stereocenters. The van der Waals surface area contributed by atoms with Gasteiger partial charge in [-0.25, -0.2) is 18.1 Å². The van der Waals surface area contributed by atoms with Crippen molar-refractivity contribution in [2.75, 3.05) is 6.54 Å². The van der Waals surface area contributed by atoms with Gasteiger partial charge in [0.2, 0.25) is 10.0 Å². The molecule has 1 aromatic carbocycles. The van der Waals surface area contributed by atoms with E-state index in [-0.39, 0.29) is 5.75 Å². The normalized spacial score (nSPS) is 11.8. The summed E-state index contributed by atoms with van der Waals surface area (Å²) in [6.45, 7) is 1.15. The quantitative estimate of drug-likeness (QED) is 0.678. The van der Waals surface area contributed by atoms with Crippen molar-refractivity contribution in [3.05, 3.63) is 66.5 Å². The molecule has 0 amide bonds. The highest BCUT2D eigenvalue weighted by Crippen LogP contribution is 2.12. The maximum absolute atomic E-state index is 12.0. The topological polar surface area (TPSA) is 64.0 Å². The first-order valence-corrected chi connectivity index (χ1v) is 9.20. The van der Waals surface area contributed by atoms with Crippen LogP contribution in [0.15, 0.2) is 60.9 Å². The van der Waals surface area contributed by atoms with Gasteiger partial charge >= 0.3 is 0 Å². The van der Waals surface area contributed by atoms with Gasteiger partial charge < -0.3 is 4.57 Å². The maximum atomic E-state index is 12.0. The number of nitrogens with one attached hydrogen (secondary N) is 1. The highest BCUT2D eigenvalue weighted by atomic mass is 32.2. The van der Waals surface area contributed by atoms with Gasteiger partial charge in [0.1, 0.15) is 5.65 Å². The van der Waals surface area contributed by atoms with Crippen LogP contribution in [-0.2, 0) is 22.3 Å². The lowest BCUT2D eigenvalue weighted by Gasteiger charge is -2.08. The second kappa shape index (κ2) is 6.93. The summed E-state index contributed by atoms with van der Waals surface area (Å²) in [5, 5.41) is 1.09. The average Bonchev–Trinajstić information content (AvgIpc) is 2.95. The maximum Gasteiger partial charge on any atom is 0.215 e. The van der Waals surface area contributed by atoms with Gasteiger partial charge in [-0.1, -0.05) is 30.3 Å². The second-order valence-corrected chi connectivity index (χ2v) is 7.22. The Hall–Kier alpha value is -2.18. The van der Waals surface area contributed by atoms with E-state index in [4.69, 9.17) is 0 Å². The van der Waals surface area contributed by atoms with Gasteiger partial charge in [0.05, 0.1) is 5.75 Å². The third-order valence-electron chi connectivity index (χ3n) is 3.62. The number of fused-ring (bicyclic) bond motifs is 1. The number of aromatic nitrogens is 2. The number of pyridine rings is 1. The lowest BCUT2D eigenvalue weighted by atomic mass is 10.2. The number of nitrogens with zero attached hydrogens (tertiary/aromatic N) is 2. The van der Waals surface area contributed by atoms with Crippen LogP contribution in [0, 0.1) is 0 Å². The van der Waals surface area contributed by atoms with Crippen LogP contribution in [0.4, 0.5) is 0 Å². The van der Waals surface area contributed by atoms with Gasteiger partial charge in [-0.3, -0.25) is 0 Å². The van der Waals surface area contributed by atoms with Crippen LogP contribution in [0.2, 0.25) is 0 Å². The Kier molecular flexibility index (Phi) is 4.73. The Morgan fingerprint density at radius 2 is 1.87 bits per heavy atom. The molecule has 0 radical (unpaired) electrons. The number of hydrogen-bond acceptors (Lipinski definition) is 3. The predicted molar refractivity (Wildman–Crippen MR) is 91.4 cm³/mol. The third kappa shape index (κ3) is 4.18. The molecule has 3 rings (SSSR count). The molecule has 0 saturated carbocycles. The van der Waals surface area contributed by atoms with E-state index >= 15 is 0 Å². The Morgan fingerprint density at radius 1 is 1.04 bits per heavy atom. The van der Waals surface area contributed by atoms with Gasteiger partial charge in [-0.15, -0.1) is 0 Å². The van der Waals surface area contributed by atoms with Crippen molar-refractivity contribution >= 4 is 21.1 Å². The fourth-order valence-electron chi connectivity index (χ4n) is 2.52. The number of benzene rings is 1. The van der Waals surface area contributed by atoms with Gasteiger partial charge in [0.25, 0.3) is 0 Å². The van der Waals surface area contributed by atoms with E-state index in [1.54, 1.807) is 6.20 Å². The molecule has 0 spiro atoms. The van der Waals surface area contributed by atoms with Crippen molar-refractivity contribution in [3.8, 4) is 0 Å². The van der Waals surface area contributed by atoms with Crippen molar-refractivity contribution < 1.29 is 8.42 Å². The fourth-order valence-corrected chi connectivity index (χ4v) is 3.71. The van der Waals surface area contributed by atoms with E-state index in [1.165, 1.54) is 0 Å². The monoisotopic (exact) mass is 329 g/mol. The Balaban J connectivity index is 1.51. The summed E-state index contributed by atoms with van der Waals surface area (Å²) < 4.78 is 28.8. The number of aryl methyl sites for hydroxylation is 1. The zero-order valence-corrected chi connectivity index (χ0v) is 13.5. The Morgan fingerprint density at radius 3 is 2.70 bits per heavy atom. The van der Waals surface area contributed by atoms with Crippen LogP contribution < -0.4 is 4.72 Å². The Bertz CT molecular complexity index is 873. The first-order chi connectivity index (χ1) is 11.1. The fraction of sp³-hybridized carbons (Fsp3) is 0.235. The molecule has 0 fully saturated rings. The third-order valence-corrected chi connectivity index (χ3v) is 4.98. The molecule has 6 heteroatoms. The van der Waals surface area contributed by atoms with E-state index in [2.05, 4.69) is 9.71 Å². The van der Waals surface area contributed by atoms with Crippen molar-refractivity contribution in [1.82, 2.24) is 14.3 Å². The van der Waals surface area contributed by atoms with Crippen LogP contribution >= 0.6 is 0 Å². The Labute approximate surface area is 136 Å². The molecular weight excluding hydrogens is 310 g/mol.